The second kappa shape index (κ2) is 10.5. The molecule has 0 aromatic heterocycles. The average Bonchev–Trinajstić information content (AvgIpc) is 3.46. The molecule has 7 nitrogen and oxygen atoms in total. The largest absolute Gasteiger partial charge is 0.496 e. The van der Waals surface area contributed by atoms with Crippen LogP contribution in [0.5, 0.6) is 5.75 Å². The molecule has 0 radical (unpaired) electrons. The van der Waals surface area contributed by atoms with Gasteiger partial charge in [-0.2, -0.15) is 0 Å². The first-order valence-corrected chi connectivity index (χ1v) is 13.8. The number of piperidine rings is 1. The number of hydrogen-bond acceptors (Lipinski definition) is 6. The molecule has 0 bridgehead atoms. The number of methoxy groups -OCH3 is 1. The van der Waals surface area contributed by atoms with E-state index in [1.54, 1.807) is 12.2 Å². The van der Waals surface area contributed by atoms with Crippen molar-refractivity contribution < 1.29 is 19.2 Å². The summed E-state index contributed by atoms with van der Waals surface area (Å²) in [6, 6.07) is 22.8. The van der Waals surface area contributed by atoms with Crippen molar-refractivity contribution in [1.82, 2.24) is 4.90 Å². The molecule has 3 fully saturated rings. The van der Waals surface area contributed by atoms with Crippen LogP contribution >= 0.6 is 0 Å². The van der Waals surface area contributed by atoms with Crippen molar-refractivity contribution in [1.29, 1.82) is 0 Å². The van der Waals surface area contributed by atoms with Gasteiger partial charge in [-0.1, -0.05) is 48.9 Å². The second-order valence-electron chi connectivity index (χ2n) is 11.0. The van der Waals surface area contributed by atoms with Gasteiger partial charge in [-0.15, -0.1) is 0 Å². The van der Waals surface area contributed by atoms with Crippen LogP contribution in [-0.4, -0.2) is 43.0 Å². The molecular formula is C32H35N3O4. The van der Waals surface area contributed by atoms with Crippen molar-refractivity contribution in [3.63, 3.8) is 0 Å². The maximum atomic E-state index is 14.0. The number of benzene rings is 3. The molecule has 3 aromatic carbocycles. The van der Waals surface area contributed by atoms with Gasteiger partial charge in [-0.3, -0.25) is 19.3 Å². The van der Waals surface area contributed by atoms with Crippen LogP contribution in [0, 0.1) is 18.8 Å². The molecule has 0 spiro atoms. The number of likely N-dealkylation sites (tertiary alicyclic amines) is 1. The number of nitrogens with zero attached hydrogens (tertiary/aromatic N) is 3. The number of imide groups is 1. The van der Waals surface area contributed by atoms with Crippen molar-refractivity contribution >= 4 is 23.2 Å². The summed E-state index contributed by atoms with van der Waals surface area (Å²) >= 11 is 0. The maximum Gasteiger partial charge on any atom is 0.266 e. The molecule has 6 rings (SSSR count). The van der Waals surface area contributed by atoms with Gasteiger partial charge in [0.1, 0.15) is 11.7 Å². The number of aryl methyl sites for hydroxylation is 1. The number of hydrogen-bond donors (Lipinski definition) is 0. The van der Waals surface area contributed by atoms with Crippen LogP contribution in [0.2, 0.25) is 0 Å². The lowest BCUT2D eigenvalue weighted by atomic mass is 9.89. The van der Waals surface area contributed by atoms with Crippen molar-refractivity contribution in [2.75, 3.05) is 30.2 Å². The van der Waals surface area contributed by atoms with E-state index in [2.05, 4.69) is 17.9 Å². The van der Waals surface area contributed by atoms with Gasteiger partial charge in [0.25, 0.3) is 5.91 Å². The Bertz CT molecular complexity index is 1350. The lowest BCUT2D eigenvalue weighted by molar-refractivity contribution is -0.126. The van der Waals surface area contributed by atoms with E-state index in [0.717, 1.165) is 53.7 Å². The lowest BCUT2D eigenvalue weighted by Gasteiger charge is -2.31. The number of carbonyl (C=O) groups is 2. The van der Waals surface area contributed by atoms with Crippen LogP contribution in [0.1, 0.15) is 42.5 Å². The Labute approximate surface area is 229 Å². The zero-order valence-corrected chi connectivity index (χ0v) is 22.7. The van der Waals surface area contributed by atoms with E-state index in [-0.39, 0.29) is 11.8 Å². The highest BCUT2D eigenvalue weighted by Crippen LogP contribution is 2.48. The van der Waals surface area contributed by atoms with Crippen LogP contribution in [-0.2, 0) is 21.0 Å². The minimum atomic E-state index is -0.891. The van der Waals surface area contributed by atoms with Crippen LogP contribution < -0.4 is 14.7 Å². The first-order chi connectivity index (χ1) is 18.9. The summed E-state index contributed by atoms with van der Waals surface area (Å²) in [4.78, 5) is 37.7. The van der Waals surface area contributed by atoms with Gasteiger partial charge in [0, 0.05) is 12.1 Å². The third kappa shape index (κ3) is 4.70. The number of carbonyl (C=O) groups excluding carboxylic acids is 2. The average molecular weight is 526 g/mol. The van der Waals surface area contributed by atoms with E-state index >= 15 is 0 Å². The molecule has 3 unspecified atom stereocenters. The lowest BCUT2D eigenvalue weighted by Crippen LogP contribution is -2.37. The molecule has 3 aliphatic rings. The van der Waals surface area contributed by atoms with Crippen LogP contribution in [0.4, 0.5) is 11.4 Å². The predicted octanol–water partition coefficient (Wildman–Crippen LogP) is 5.29. The smallest absolute Gasteiger partial charge is 0.266 e. The summed E-state index contributed by atoms with van der Waals surface area (Å²) in [5.74, 6) is 0.349. The molecule has 39 heavy (non-hydrogen) atoms. The Morgan fingerprint density at radius 1 is 0.897 bits per heavy atom. The van der Waals surface area contributed by atoms with Gasteiger partial charge in [0.15, 0.2) is 6.10 Å². The number of anilines is 2. The van der Waals surface area contributed by atoms with E-state index in [1.165, 1.54) is 17.7 Å². The summed E-state index contributed by atoms with van der Waals surface area (Å²) in [6.07, 6.45) is 1.49. The summed E-state index contributed by atoms with van der Waals surface area (Å²) in [5, 5.41) is 1.76. The third-order valence-corrected chi connectivity index (χ3v) is 8.33. The minimum Gasteiger partial charge on any atom is -0.496 e. The van der Waals surface area contributed by atoms with Crippen LogP contribution in [0.3, 0.4) is 0 Å². The summed E-state index contributed by atoms with van der Waals surface area (Å²) in [5.41, 5.74) is 4.46. The van der Waals surface area contributed by atoms with Crippen molar-refractivity contribution in [3.8, 4) is 5.75 Å². The van der Waals surface area contributed by atoms with Crippen LogP contribution in [0.15, 0.2) is 72.8 Å². The van der Waals surface area contributed by atoms with Crippen LogP contribution in [0.25, 0.3) is 0 Å². The van der Waals surface area contributed by atoms with Gasteiger partial charge in [0.05, 0.1) is 24.5 Å². The molecule has 3 aromatic rings. The monoisotopic (exact) mass is 525 g/mol. The number of ether oxygens (including phenoxy) is 1. The third-order valence-electron chi connectivity index (χ3n) is 8.33. The number of fused-ring (bicyclic) bond motifs is 1. The SMILES string of the molecule is COc1ccc(C2C3C(=O)N(c4ccc(C)cc4)C(=O)C3ON2c2ccccc2)cc1CN1CCC(C)CC1. The molecule has 0 aliphatic carbocycles. The number of hydroxylamine groups is 1. The molecule has 2 amide bonds. The van der Waals surface area contributed by atoms with E-state index in [9.17, 15) is 9.59 Å². The van der Waals surface area contributed by atoms with Crippen molar-refractivity contribution in [3.05, 3.63) is 89.5 Å². The zero-order chi connectivity index (χ0) is 27.1. The van der Waals surface area contributed by atoms with E-state index in [4.69, 9.17) is 9.57 Å². The second-order valence-corrected chi connectivity index (χ2v) is 11.0. The summed E-state index contributed by atoms with van der Waals surface area (Å²) in [7, 11) is 1.69. The van der Waals surface area contributed by atoms with E-state index < -0.39 is 18.1 Å². The van der Waals surface area contributed by atoms with Gasteiger partial charge in [0.2, 0.25) is 5.91 Å². The zero-order valence-electron chi connectivity index (χ0n) is 22.7. The first kappa shape index (κ1) is 25.6. The Hall–Kier alpha value is -3.68. The molecule has 3 heterocycles. The molecule has 3 aliphatic heterocycles. The fourth-order valence-electron chi connectivity index (χ4n) is 6.07. The Balaban J connectivity index is 1.38. The Morgan fingerprint density at radius 2 is 1.62 bits per heavy atom. The van der Waals surface area contributed by atoms with E-state index in [1.807, 2.05) is 73.7 Å². The highest BCUT2D eigenvalue weighted by atomic mass is 16.7. The molecule has 3 saturated heterocycles. The Morgan fingerprint density at radius 3 is 2.31 bits per heavy atom. The molecule has 3 atom stereocenters. The Kier molecular flexibility index (Phi) is 6.87. The highest BCUT2D eigenvalue weighted by Gasteiger charge is 2.60. The molecule has 7 heteroatoms. The van der Waals surface area contributed by atoms with Gasteiger partial charge in [-0.05, 0) is 80.7 Å². The molecule has 0 saturated carbocycles. The fourth-order valence-corrected chi connectivity index (χ4v) is 6.07. The highest BCUT2D eigenvalue weighted by molar-refractivity contribution is 6.23. The maximum absolute atomic E-state index is 14.0. The minimum absolute atomic E-state index is 0.236. The van der Waals surface area contributed by atoms with Gasteiger partial charge >= 0.3 is 0 Å². The van der Waals surface area contributed by atoms with Crippen molar-refractivity contribution in [2.45, 2.75) is 45.4 Å². The predicted molar refractivity (Wildman–Crippen MR) is 150 cm³/mol. The molecular weight excluding hydrogens is 490 g/mol. The quantitative estimate of drug-likeness (QED) is 0.408. The first-order valence-electron chi connectivity index (χ1n) is 13.8. The van der Waals surface area contributed by atoms with Gasteiger partial charge in [-0.25, -0.2) is 9.96 Å². The van der Waals surface area contributed by atoms with Gasteiger partial charge < -0.3 is 4.74 Å². The number of rotatable bonds is 6. The molecule has 0 N–H and O–H groups in total. The number of amides is 2. The van der Waals surface area contributed by atoms with Crippen molar-refractivity contribution in [2.24, 2.45) is 11.8 Å². The fraction of sp³-hybridized carbons (Fsp3) is 0.375. The summed E-state index contributed by atoms with van der Waals surface area (Å²) < 4.78 is 5.75. The number of para-hydroxylation sites is 1. The normalized spacial score (nSPS) is 23.9. The standard InChI is InChI=1S/C32H35N3O4/c1-21-9-12-25(13-10-21)34-31(36)28-29(35(39-30(28)32(34)37)26-7-5-4-6-8-26)23-11-14-27(38-3)24(19-23)20-33-17-15-22(2)16-18-33/h4-14,19,22,28-30H,15-18,20H2,1-3H3. The molecule has 202 valence electrons. The summed E-state index contributed by atoms with van der Waals surface area (Å²) in [6.45, 7) is 7.18. The topological polar surface area (TPSA) is 62.3 Å². The van der Waals surface area contributed by atoms with E-state index in [0.29, 0.717) is 5.69 Å².